The SMILES string of the molecule is CCCCOC(C=O)(c1ccccc1)c1ccccc1. The van der Waals surface area contributed by atoms with Crippen molar-refractivity contribution in [3.63, 3.8) is 0 Å². The van der Waals surface area contributed by atoms with E-state index in [9.17, 15) is 4.79 Å². The first-order chi connectivity index (χ1) is 9.83. The van der Waals surface area contributed by atoms with Crippen molar-refractivity contribution in [3.05, 3.63) is 71.8 Å². The van der Waals surface area contributed by atoms with Crippen molar-refractivity contribution in [2.24, 2.45) is 0 Å². The molecule has 0 fully saturated rings. The predicted octanol–water partition coefficient (Wildman–Crippen LogP) is 3.95. The van der Waals surface area contributed by atoms with Crippen LogP contribution in [0.25, 0.3) is 0 Å². The second-order valence-electron chi connectivity index (χ2n) is 4.79. The number of carbonyl (C=O) groups excluding carboxylic acids is 1. The minimum absolute atomic E-state index is 0.568. The first kappa shape index (κ1) is 14.5. The Morgan fingerprint density at radius 2 is 1.45 bits per heavy atom. The summed E-state index contributed by atoms with van der Waals surface area (Å²) in [6.07, 6.45) is 2.89. The first-order valence-electron chi connectivity index (χ1n) is 7.05. The zero-order valence-corrected chi connectivity index (χ0v) is 11.8. The minimum atomic E-state index is -1.00. The average Bonchev–Trinajstić information content (AvgIpc) is 2.54. The summed E-state index contributed by atoms with van der Waals surface area (Å²) < 4.78 is 6.02. The average molecular weight is 268 g/mol. The molecule has 0 heterocycles. The maximum atomic E-state index is 11.9. The zero-order chi connectivity index (χ0) is 14.3. The fraction of sp³-hybridized carbons (Fsp3) is 0.278. The minimum Gasteiger partial charge on any atom is -0.358 e. The second kappa shape index (κ2) is 7.01. The first-order valence-corrected chi connectivity index (χ1v) is 7.05. The summed E-state index contributed by atoms with van der Waals surface area (Å²) in [5.41, 5.74) is 0.743. The second-order valence-corrected chi connectivity index (χ2v) is 4.79. The van der Waals surface area contributed by atoms with Crippen LogP contribution in [0.5, 0.6) is 0 Å². The number of unbranched alkanes of at least 4 members (excludes halogenated alkanes) is 1. The molecule has 2 aromatic rings. The van der Waals surface area contributed by atoms with Gasteiger partial charge in [0.1, 0.15) is 0 Å². The van der Waals surface area contributed by atoms with E-state index in [0.29, 0.717) is 6.61 Å². The number of ether oxygens (including phenoxy) is 1. The van der Waals surface area contributed by atoms with Crippen molar-refractivity contribution < 1.29 is 9.53 Å². The Balaban J connectivity index is 2.44. The lowest BCUT2D eigenvalue weighted by atomic mass is 9.87. The Bertz CT molecular complexity index is 480. The van der Waals surface area contributed by atoms with Gasteiger partial charge in [-0.3, -0.25) is 4.79 Å². The van der Waals surface area contributed by atoms with E-state index < -0.39 is 5.60 Å². The van der Waals surface area contributed by atoms with Crippen molar-refractivity contribution in [1.82, 2.24) is 0 Å². The van der Waals surface area contributed by atoms with Crippen molar-refractivity contribution in [3.8, 4) is 0 Å². The van der Waals surface area contributed by atoms with Crippen LogP contribution in [0.15, 0.2) is 60.7 Å². The molecule has 20 heavy (non-hydrogen) atoms. The molecule has 2 rings (SSSR count). The van der Waals surface area contributed by atoms with Crippen molar-refractivity contribution in [2.45, 2.75) is 25.4 Å². The van der Waals surface area contributed by atoms with Gasteiger partial charge in [0.25, 0.3) is 0 Å². The molecule has 0 atom stereocenters. The highest BCUT2D eigenvalue weighted by Crippen LogP contribution is 2.32. The van der Waals surface area contributed by atoms with Crippen LogP contribution in [0.2, 0.25) is 0 Å². The molecule has 0 aromatic heterocycles. The van der Waals surface area contributed by atoms with E-state index in [0.717, 1.165) is 30.3 Å². The van der Waals surface area contributed by atoms with E-state index in [1.807, 2.05) is 60.7 Å². The van der Waals surface area contributed by atoms with Gasteiger partial charge in [0.15, 0.2) is 11.9 Å². The number of aldehydes is 1. The summed E-state index contributed by atoms with van der Waals surface area (Å²) in [6, 6.07) is 19.4. The fourth-order valence-corrected chi connectivity index (χ4v) is 2.25. The van der Waals surface area contributed by atoms with E-state index >= 15 is 0 Å². The molecule has 104 valence electrons. The van der Waals surface area contributed by atoms with Crippen LogP contribution < -0.4 is 0 Å². The zero-order valence-electron chi connectivity index (χ0n) is 11.8. The van der Waals surface area contributed by atoms with Crippen LogP contribution in [-0.4, -0.2) is 12.9 Å². The lowest BCUT2D eigenvalue weighted by molar-refractivity contribution is -0.127. The Morgan fingerprint density at radius 3 is 1.85 bits per heavy atom. The van der Waals surface area contributed by atoms with E-state index in [-0.39, 0.29) is 0 Å². The monoisotopic (exact) mass is 268 g/mol. The van der Waals surface area contributed by atoms with Crippen LogP contribution in [0.3, 0.4) is 0 Å². The van der Waals surface area contributed by atoms with E-state index in [1.54, 1.807) is 0 Å². The molecule has 0 spiro atoms. The largest absolute Gasteiger partial charge is 0.358 e. The molecular formula is C18H20O2. The standard InChI is InChI=1S/C18H20O2/c1-2-3-14-20-18(15-19,16-10-6-4-7-11-16)17-12-8-5-9-13-17/h4-13,15H,2-3,14H2,1H3. The van der Waals surface area contributed by atoms with Crippen molar-refractivity contribution in [1.29, 1.82) is 0 Å². The molecule has 0 unspecified atom stereocenters. The van der Waals surface area contributed by atoms with Gasteiger partial charge < -0.3 is 4.74 Å². The van der Waals surface area contributed by atoms with Gasteiger partial charge in [0.05, 0.1) is 0 Å². The summed E-state index contributed by atoms with van der Waals surface area (Å²) >= 11 is 0. The third-order valence-corrected chi connectivity index (χ3v) is 3.40. The number of carbonyl (C=O) groups is 1. The molecule has 0 amide bonds. The van der Waals surface area contributed by atoms with Gasteiger partial charge in [-0.05, 0) is 17.5 Å². The smallest absolute Gasteiger partial charge is 0.173 e. The Morgan fingerprint density at radius 1 is 0.950 bits per heavy atom. The summed E-state index contributed by atoms with van der Waals surface area (Å²) in [4.78, 5) is 11.9. The third-order valence-electron chi connectivity index (χ3n) is 3.40. The van der Waals surface area contributed by atoms with Gasteiger partial charge in [0.2, 0.25) is 0 Å². The number of benzene rings is 2. The molecule has 0 aliphatic carbocycles. The van der Waals surface area contributed by atoms with Gasteiger partial charge in [-0.15, -0.1) is 0 Å². The Kier molecular flexibility index (Phi) is 5.08. The third kappa shape index (κ3) is 2.97. The molecule has 0 aliphatic rings. The number of rotatable bonds is 7. The topological polar surface area (TPSA) is 26.3 Å². The van der Waals surface area contributed by atoms with Gasteiger partial charge in [-0.1, -0.05) is 74.0 Å². The van der Waals surface area contributed by atoms with Crippen LogP contribution in [0, 0.1) is 0 Å². The van der Waals surface area contributed by atoms with Crippen molar-refractivity contribution in [2.75, 3.05) is 6.61 Å². The molecule has 0 bridgehead atoms. The molecule has 0 aliphatic heterocycles. The maximum Gasteiger partial charge on any atom is 0.173 e. The van der Waals surface area contributed by atoms with Gasteiger partial charge in [-0.2, -0.15) is 0 Å². The van der Waals surface area contributed by atoms with Crippen molar-refractivity contribution >= 4 is 6.29 Å². The lowest BCUT2D eigenvalue weighted by Gasteiger charge is -2.29. The van der Waals surface area contributed by atoms with E-state index in [1.165, 1.54) is 0 Å². The predicted molar refractivity (Wildman–Crippen MR) is 80.6 cm³/mol. The van der Waals surface area contributed by atoms with Crippen LogP contribution >= 0.6 is 0 Å². The van der Waals surface area contributed by atoms with Crippen LogP contribution in [-0.2, 0) is 15.1 Å². The molecule has 2 aromatic carbocycles. The summed E-state index contributed by atoms with van der Waals surface area (Å²) in [5.74, 6) is 0. The molecule has 2 nitrogen and oxygen atoms in total. The van der Waals surface area contributed by atoms with Gasteiger partial charge in [-0.25, -0.2) is 0 Å². The van der Waals surface area contributed by atoms with Gasteiger partial charge in [0, 0.05) is 6.61 Å². The Labute approximate surface area is 120 Å². The molecule has 0 radical (unpaired) electrons. The summed E-state index contributed by atoms with van der Waals surface area (Å²) in [5, 5.41) is 0. The summed E-state index contributed by atoms with van der Waals surface area (Å²) in [6.45, 7) is 2.68. The highest BCUT2D eigenvalue weighted by atomic mass is 16.5. The number of hydrogen-bond donors (Lipinski definition) is 0. The normalized spacial score (nSPS) is 11.2. The quantitative estimate of drug-likeness (QED) is 0.561. The van der Waals surface area contributed by atoms with Crippen LogP contribution in [0.1, 0.15) is 30.9 Å². The van der Waals surface area contributed by atoms with Crippen LogP contribution in [0.4, 0.5) is 0 Å². The highest BCUT2D eigenvalue weighted by Gasteiger charge is 2.34. The molecular weight excluding hydrogens is 248 g/mol. The lowest BCUT2D eigenvalue weighted by Crippen LogP contribution is -2.33. The van der Waals surface area contributed by atoms with E-state index in [4.69, 9.17) is 4.74 Å². The number of hydrogen-bond acceptors (Lipinski definition) is 2. The maximum absolute atomic E-state index is 11.9. The van der Waals surface area contributed by atoms with Gasteiger partial charge >= 0.3 is 0 Å². The van der Waals surface area contributed by atoms with E-state index in [2.05, 4.69) is 6.92 Å². The molecule has 2 heteroatoms. The molecule has 0 saturated heterocycles. The fourth-order valence-electron chi connectivity index (χ4n) is 2.25. The summed E-state index contributed by atoms with van der Waals surface area (Å²) in [7, 11) is 0. The Hall–Kier alpha value is -1.93. The molecule has 0 N–H and O–H groups in total. The molecule has 0 saturated carbocycles. The highest BCUT2D eigenvalue weighted by molar-refractivity contribution is 5.72.